The zero-order chi connectivity index (χ0) is 21.0. The van der Waals surface area contributed by atoms with Crippen molar-refractivity contribution in [3.05, 3.63) is 66.5 Å². The highest BCUT2D eigenvalue weighted by Crippen LogP contribution is 2.21. The maximum absolute atomic E-state index is 12.5. The highest BCUT2D eigenvalue weighted by atomic mass is 32.2. The smallest absolute Gasteiger partial charge is 0.264 e. The van der Waals surface area contributed by atoms with Crippen LogP contribution in [0.25, 0.3) is 11.4 Å². The number of nitrogens with zero attached hydrogens (tertiary/aromatic N) is 3. The van der Waals surface area contributed by atoms with Crippen LogP contribution < -0.4 is 5.32 Å². The van der Waals surface area contributed by atoms with Crippen molar-refractivity contribution in [1.29, 1.82) is 0 Å². The number of hydrogen-bond acceptors (Lipinski definition) is 7. The van der Waals surface area contributed by atoms with Crippen molar-refractivity contribution >= 4 is 21.6 Å². The quantitative estimate of drug-likeness (QED) is 0.594. The summed E-state index contributed by atoms with van der Waals surface area (Å²) in [6, 6.07) is 12.1. The fraction of sp³-hybridized carbons (Fsp3) is 0.105. The Kier molecular flexibility index (Phi) is 5.87. The zero-order valence-electron chi connectivity index (χ0n) is 15.6. The molecule has 3 aromatic rings. The van der Waals surface area contributed by atoms with Gasteiger partial charge in [-0.25, -0.2) is 18.4 Å². The molecule has 1 heterocycles. The predicted octanol–water partition coefficient (Wildman–Crippen LogP) is 2.28. The number of rotatable bonds is 6. The molecule has 0 bridgehead atoms. The third-order valence-electron chi connectivity index (χ3n) is 4.00. The first-order chi connectivity index (χ1) is 13.8. The van der Waals surface area contributed by atoms with Crippen molar-refractivity contribution in [3.63, 3.8) is 0 Å². The first kappa shape index (κ1) is 20.4. The van der Waals surface area contributed by atoms with Gasteiger partial charge < -0.3 is 10.4 Å². The highest BCUT2D eigenvalue weighted by Gasteiger charge is 2.22. The van der Waals surface area contributed by atoms with Crippen molar-refractivity contribution in [2.75, 3.05) is 19.5 Å². The molecule has 0 saturated heterocycles. The number of aromatic hydroxyl groups is 1. The van der Waals surface area contributed by atoms with E-state index in [-0.39, 0.29) is 16.2 Å². The highest BCUT2D eigenvalue weighted by molar-refractivity contribution is 7.89. The summed E-state index contributed by atoms with van der Waals surface area (Å²) in [7, 11) is -1.38. The van der Waals surface area contributed by atoms with Gasteiger partial charge in [-0.05, 0) is 30.3 Å². The number of amides is 1. The minimum atomic E-state index is -3.87. The fourth-order valence-electron chi connectivity index (χ4n) is 2.43. The summed E-state index contributed by atoms with van der Waals surface area (Å²) in [5.41, 5.74) is 1.11. The van der Waals surface area contributed by atoms with Crippen LogP contribution in [0.1, 0.15) is 10.4 Å². The molecule has 0 unspecified atom stereocenters. The summed E-state index contributed by atoms with van der Waals surface area (Å²) < 4.78 is 25.4. The molecule has 3 rings (SSSR count). The third kappa shape index (κ3) is 4.57. The van der Waals surface area contributed by atoms with Crippen LogP contribution in [0.4, 0.5) is 5.69 Å². The molecule has 0 spiro atoms. The average molecular weight is 414 g/mol. The summed E-state index contributed by atoms with van der Waals surface area (Å²) in [5, 5.41) is 12.2. The Morgan fingerprint density at radius 1 is 1.10 bits per heavy atom. The lowest BCUT2D eigenvalue weighted by atomic mass is 10.2. The number of phenolic OH excluding ortho intramolecular Hbond substituents is 1. The Balaban J connectivity index is 1.78. The normalized spacial score (nSPS) is 11.4. The van der Waals surface area contributed by atoms with Gasteiger partial charge in [-0.2, -0.15) is 0 Å². The number of phenols is 1. The Hall–Kier alpha value is -3.34. The molecule has 29 heavy (non-hydrogen) atoms. The fourth-order valence-corrected chi connectivity index (χ4v) is 3.45. The van der Waals surface area contributed by atoms with Gasteiger partial charge in [-0.3, -0.25) is 9.63 Å². The van der Waals surface area contributed by atoms with E-state index in [1.165, 1.54) is 62.9 Å². The summed E-state index contributed by atoms with van der Waals surface area (Å²) in [4.78, 5) is 25.5. The minimum Gasteiger partial charge on any atom is -0.508 e. The van der Waals surface area contributed by atoms with E-state index in [0.29, 0.717) is 21.5 Å². The van der Waals surface area contributed by atoms with E-state index in [2.05, 4.69) is 15.3 Å². The van der Waals surface area contributed by atoms with E-state index >= 15 is 0 Å². The van der Waals surface area contributed by atoms with Crippen LogP contribution >= 0.6 is 0 Å². The van der Waals surface area contributed by atoms with Crippen LogP contribution in [0, 0.1) is 0 Å². The summed E-state index contributed by atoms with van der Waals surface area (Å²) in [6.07, 6.45) is 2.84. The molecule has 10 heteroatoms. The van der Waals surface area contributed by atoms with Crippen LogP contribution in [0.5, 0.6) is 5.75 Å². The number of aromatic nitrogens is 2. The second kappa shape index (κ2) is 8.35. The van der Waals surface area contributed by atoms with Gasteiger partial charge in [0.15, 0.2) is 5.82 Å². The molecule has 0 saturated carbocycles. The molecule has 0 fully saturated rings. The predicted molar refractivity (Wildman–Crippen MR) is 105 cm³/mol. The number of sulfonamides is 1. The van der Waals surface area contributed by atoms with Crippen LogP contribution in [-0.4, -0.2) is 48.0 Å². The molecular weight excluding hydrogens is 396 g/mol. The molecule has 2 aromatic carbocycles. The molecule has 0 aliphatic heterocycles. The topological polar surface area (TPSA) is 122 Å². The van der Waals surface area contributed by atoms with Gasteiger partial charge in [-0.15, -0.1) is 0 Å². The van der Waals surface area contributed by atoms with E-state index in [1.807, 2.05) is 0 Å². The summed E-state index contributed by atoms with van der Waals surface area (Å²) >= 11 is 0. The maximum Gasteiger partial charge on any atom is 0.264 e. The van der Waals surface area contributed by atoms with Gasteiger partial charge >= 0.3 is 0 Å². The van der Waals surface area contributed by atoms with Crippen molar-refractivity contribution < 1.29 is 23.2 Å². The van der Waals surface area contributed by atoms with Gasteiger partial charge in [0.1, 0.15) is 5.75 Å². The Bertz CT molecular complexity index is 1130. The number of nitrogens with one attached hydrogen (secondary N) is 1. The van der Waals surface area contributed by atoms with Crippen LogP contribution in [0.15, 0.2) is 65.8 Å². The second-order valence-corrected chi connectivity index (χ2v) is 7.86. The Morgan fingerprint density at radius 2 is 1.79 bits per heavy atom. The average Bonchev–Trinajstić information content (AvgIpc) is 2.73. The molecule has 9 nitrogen and oxygen atoms in total. The number of benzene rings is 2. The lowest BCUT2D eigenvalue weighted by molar-refractivity contribution is -0.0258. The number of carbonyl (C=O) groups excluding carboxylic acids is 1. The van der Waals surface area contributed by atoms with Crippen molar-refractivity contribution in [2.24, 2.45) is 0 Å². The molecule has 0 atom stereocenters. The molecule has 0 aliphatic rings. The summed E-state index contributed by atoms with van der Waals surface area (Å²) in [6.45, 7) is 0. The van der Waals surface area contributed by atoms with Crippen LogP contribution in [0.3, 0.4) is 0 Å². The number of hydroxylamine groups is 1. The van der Waals surface area contributed by atoms with Crippen molar-refractivity contribution in [2.45, 2.75) is 4.90 Å². The Morgan fingerprint density at radius 3 is 2.45 bits per heavy atom. The van der Waals surface area contributed by atoms with Gasteiger partial charge in [0, 0.05) is 18.2 Å². The van der Waals surface area contributed by atoms with E-state index in [9.17, 15) is 18.3 Å². The van der Waals surface area contributed by atoms with Gasteiger partial charge in [0.2, 0.25) is 0 Å². The standard InChI is InChI=1S/C19H18N4O5S/c1-23(28-2)29(26,27)17-8-4-6-14(10-17)19(25)22-15-11-20-18(21-12-15)13-5-3-7-16(24)9-13/h3-12,24H,1-2H3,(H,22,25). The third-order valence-corrected chi connectivity index (χ3v) is 5.68. The maximum atomic E-state index is 12.5. The van der Waals surface area contributed by atoms with E-state index in [1.54, 1.807) is 12.1 Å². The van der Waals surface area contributed by atoms with Crippen molar-refractivity contribution in [3.8, 4) is 17.1 Å². The molecular formula is C19H18N4O5S. The van der Waals surface area contributed by atoms with E-state index in [4.69, 9.17) is 4.84 Å². The molecule has 2 N–H and O–H groups in total. The van der Waals surface area contributed by atoms with Gasteiger partial charge in [0.25, 0.3) is 15.9 Å². The largest absolute Gasteiger partial charge is 0.508 e. The number of hydrogen-bond donors (Lipinski definition) is 2. The van der Waals surface area contributed by atoms with E-state index < -0.39 is 15.9 Å². The first-order valence-corrected chi connectivity index (χ1v) is 9.81. The number of carbonyl (C=O) groups is 1. The number of anilines is 1. The van der Waals surface area contributed by atoms with Crippen LogP contribution in [-0.2, 0) is 14.9 Å². The molecule has 150 valence electrons. The molecule has 0 radical (unpaired) electrons. The molecule has 0 aliphatic carbocycles. The first-order valence-electron chi connectivity index (χ1n) is 8.37. The SMILES string of the molecule is CON(C)S(=O)(=O)c1cccc(C(=O)Nc2cnc(-c3cccc(O)c3)nc2)c1. The Labute approximate surface area is 167 Å². The minimum absolute atomic E-state index is 0.0787. The monoisotopic (exact) mass is 414 g/mol. The summed E-state index contributed by atoms with van der Waals surface area (Å²) in [5.74, 6) is -0.0390. The lowest BCUT2D eigenvalue weighted by Gasteiger charge is -2.14. The molecule has 1 aromatic heterocycles. The van der Waals surface area contributed by atoms with Crippen LogP contribution in [0.2, 0.25) is 0 Å². The lowest BCUT2D eigenvalue weighted by Crippen LogP contribution is -2.26. The second-order valence-electron chi connectivity index (χ2n) is 5.92. The van der Waals surface area contributed by atoms with Gasteiger partial charge in [-0.1, -0.05) is 22.7 Å². The molecule has 1 amide bonds. The van der Waals surface area contributed by atoms with E-state index in [0.717, 1.165) is 0 Å². The van der Waals surface area contributed by atoms with Gasteiger partial charge in [0.05, 0.1) is 30.1 Å². The van der Waals surface area contributed by atoms with Crippen molar-refractivity contribution in [1.82, 2.24) is 14.4 Å². The zero-order valence-corrected chi connectivity index (χ0v) is 16.4.